The molecule has 0 saturated heterocycles. The van der Waals surface area contributed by atoms with Gasteiger partial charge in [-0.1, -0.05) is 0 Å². The lowest BCUT2D eigenvalue weighted by Gasteiger charge is -2.16. The van der Waals surface area contributed by atoms with Gasteiger partial charge in [0.05, 0.1) is 18.2 Å². The van der Waals surface area contributed by atoms with Gasteiger partial charge in [0.25, 0.3) is 0 Å². The lowest BCUT2D eigenvalue weighted by atomic mass is 9.91. The van der Waals surface area contributed by atoms with Crippen molar-refractivity contribution in [2.75, 3.05) is 7.11 Å². The van der Waals surface area contributed by atoms with Crippen molar-refractivity contribution in [2.45, 2.75) is 25.9 Å². The number of aromatic nitrogens is 1. The fourth-order valence-electron chi connectivity index (χ4n) is 1.82. The number of carboxylic acid groups (broad SMARTS) is 1. The summed E-state index contributed by atoms with van der Waals surface area (Å²) in [7, 11) is 1.64. The van der Waals surface area contributed by atoms with E-state index in [9.17, 15) is 4.79 Å². The minimum atomic E-state index is -0.692. The molecule has 15 heavy (non-hydrogen) atoms. The van der Waals surface area contributed by atoms with E-state index in [1.807, 2.05) is 0 Å². The van der Waals surface area contributed by atoms with E-state index >= 15 is 0 Å². The predicted octanol–water partition coefficient (Wildman–Crippen LogP) is 1.48. The Labute approximate surface area is 91.9 Å². The highest BCUT2D eigenvalue weighted by Gasteiger charge is 2.26. The molecule has 1 atom stereocenters. The number of aryl methyl sites for hydroxylation is 1. The van der Waals surface area contributed by atoms with Crippen LogP contribution in [0.2, 0.25) is 0 Å². The van der Waals surface area contributed by atoms with Gasteiger partial charge in [0.1, 0.15) is 5.01 Å². The molecule has 1 N–H and O–H groups in total. The van der Waals surface area contributed by atoms with Crippen molar-refractivity contribution in [3.05, 3.63) is 15.6 Å². The molecule has 0 bridgehead atoms. The number of nitrogens with zero attached hydrogens (tertiary/aromatic N) is 1. The van der Waals surface area contributed by atoms with Crippen LogP contribution >= 0.6 is 11.3 Å². The first-order chi connectivity index (χ1) is 7.20. The molecule has 0 saturated carbocycles. The van der Waals surface area contributed by atoms with E-state index in [4.69, 9.17) is 9.84 Å². The number of thiazole rings is 1. The second-order valence-electron chi connectivity index (χ2n) is 3.69. The fourth-order valence-corrected chi connectivity index (χ4v) is 2.99. The highest BCUT2D eigenvalue weighted by Crippen LogP contribution is 2.30. The van der Waals surface area contributed by atoms with Gasteiger partial charge in [-0.3, -0.25) is 4.79 Å². The lowest BCUT2D eigenvalue weighted by molar-refractivity contribution is -0.142. The molecule has 1 heterocycles. The SMILES string of the molecule is COCc1nc2c(s1)CC(C(=O)O)CC2. The van der Waals surface area contributed by atoms with Crippen LogP contribution in [0.5, 0.6) is 0 Å². The van der Waals surface area contributed by atoms with E-state index in [0.717, 1.165) is 22.0 Å². The van der Waals surface area contributed by atoms with Gasteiger partial charge in [-0.05, 0) is 19.3 Å². The third-order valence-electron chi connectivity index (χ3n) is 2.60. The fraction of sp³-hybridized carbons (Fsp3) is 0.600. The smallest absolute Gasteiger partial charge is 0.306 e. The van der Waals surface area contributed by atoms with Crippen molar-refractivity contribution in [3.8, 4) is 0 Å². The minimum Gasteiger partial charge on any atom is -0.481 e. The molecule has 0 fully saturated rings. The standard InChI is InChI=1S/C10H13NO3S/c1-14-5-9-11-7-3-2-6(10(12)13)4-8(7)15-9/h6H,2-5H2,1H3,(H,12,13). The molecule has 5 heteroatoms. The number of fused-ring (bicyclic) bond motifs is 1. The van der Waals surface area contributed by atoms with E-state index in [1.54, 1.807) is 18.4 Å². The molecule has 82 valence electrons. The molecule has 0 aliphatic heterocycles. The van der Waals surface area contributed by atoms with Crippen molar-refractivity contribution in [1.29, 1.82) is 0 Å². The van der Waals surface area contributed by atoms with E-state index in [2.05, 4.69) is 4.98 Å². The molecule has 0 spiro atoms. The zero-order valence-electron chi connectivity index (χ0n) is 8.52. The second-order valence-corrected chi connectivity index (χ2v) is 4.86. The zero-order valence-corrected chi connectivity index (χ0v) is 9.34. The molecular weight excluding hydrogens is 214 g/mol. The summed E-state index contributed by atoms with van der Waals surface area (Å²) in [4.78, 5) is 16.4. The Hall–Kier alpha value is -0.940. The van der Waals surface area contributed by atoms with Gasteiger partial charge in [-0.2, -0.15) is 0 Å². The van der Waals surface area contributed by atoms with Crippen LogP contribution in [-0.4, -0.2) is 23.2 Å². The summed E-state index contributed by atoms with van der Waals surface area (Å²) in [6.07, 6.45) is 2.12. The van der Waals surface area contributed by atoms with Crippen molar-refractivity contribution in [1.82, 2.24) is 4.98 Å². The average molecular weight is 227 g/mol. The number of rotatable bonds is 3. The first-order valence-electron chi connectivity index (χ1n) is 4.90. The summed E-state index contributed by atoms with van der Waals surface area (Å²) < 4.78 is 5.01. The molecule has 0 radical (unpaired) electrons. The number of hydrogen-bond acceptors (Lipinski definition) is 4. The van der Waals surface area contributed by atoms with Crippen LogP contribution in [0.1, 0.15) is 22.0 Å². The molecule has 1 aliphatic rings. The van der Waals surface area contributed by atoms with E-state index in [1.165, 1.54) is 0 Å². The van der Waals surface area contributed by atoms with Crippen molar-refractivity contribution in [2.24, 2.45) is 5.92 Å². The molecule has 4 nitrogen and oxygen atoms in total. The van der Waals surface area contributed by atoms with Gasteiger partial charge in [0.15, 0.2) is 0 Å². The first-order valence-corrected chi connectivity index (χ1v) is 5.71. The summed E-state index contributed by atoms with van der Waals surface area (Å²) in [5, 5.41) is 9.89. The number of hydrogen-bond donors (Lipinski definition) is 1. The Morgan fingerprint density at radius 1 is 1.73 bits per heavy atom. The maximum Gasteiger partial charge on any atom is 0.306 e. The van der Waals surface area contributed by atoms with E-state index in [0.29, 0.717) is 19.4 Å². The van der Waals surface area contributed by atoms with Crippen LogP contribution in [0, 0.1) is 5.92 Å². The lowest BCUT2D eigenvalue weighted by Crippen LogP contribution is -2.21. The number of carbonyl (C=O) groups is 1. The molecule has 0 amide bonds. The van der Waals surface area contributed by atoms with Crippen LogP contribution in [0.4, 0.5) is 0 Å². The summed E-state index contributed by atoms with van der Waals surface area (Å²) in [6.45, 7) is 0.523. The van der Waals surface area contributed by atoms with Crippen LogP contribution in [0.3, 0.4) is 0 Å². The normalized spacial score (nSPS) is 19.9. The quantitative estimate of drug-likeness (QED) is 0.849. The Morgan fingerprint density at radius 2 is 2.53 bits per heavy atom. The van der Waals surface area contributed by atoms with Crippen LogP contribution in [-0.2, 0) is 29.0 Å². The monoisotopic (exact) mass is 227 g/mol. The summed E-state index contributed by atoms with van der Waals surface area (Å²) in [5.41, 5.74) is 1.07. The largest absolute Gasteiger partial charge is 0.481 e. The van der Waals surface area contributed by atoms with Crippen LogP contribution < -0.4 is 0 Å². The van der Waals surface area contributed by atoms with Crippen LogP contribution in [0.25, 0.3) is 0 Å². The number of aliphatic carboxylic acids is 1. The van der Waals surface area contributed by atoms with Gasteiger partial charge in [-0.15, -0.1) is 11.3 Å². The first kappa shape index (κ1) is 10.6. The topological polar surface area (TPSA) is 59.4 Å². The maximum atomic E-state index is 10.9. The van der Waals surface area contributed by atoms with Crippen molar-refractivity contribution < 1.29 is 14.6 Å². The summed E-state index contributed by atoms with van der Waals surface area (Å²) >= 11 is 1.58. The Bertz CT molecular complexity index is 375. The minimum absolute atomic E-state index is 0.228. The highest BCUT2D eigenvalue weighted by molar-refractivity contribution is 7.11. The number of carboxylic acids is 1. The second kappa shape index (κ2) is 4.28. The zero-order chi connectivity index (χ0) is 10.8. The molecule has 1 unspecified atom stereocenters. The van der Waals surface area contributed by atoms with Crippen LogP contribution in [0.15, 0.2) is 0 Å². The van der Waals surface area contributed by atoms with Crippen molar-refractivity contribution in [3.63, 3.8) is 0 Å². The number of ether oxygens (including phenoxy) is 1. The van der Waals surface area contributed by atoms with Crippen molar-refractivity contribution >= 4 is 17.3 Å². The van der Waals surface area contributed by atoms with Gasteiger partial charge in [0.2, 0.25) is 0 Å². The average Bonchev–Trinajstić information content (AvgIpc) is 2.59. The third-order valence-corrected chi connectivity index (χ3v) is 3.69. The molecular formula is C10H13NO3S. The summed E-state index contributed by atoms with van der Waals surface area (Å²) in [6, 6.07) is 0. The summed E-state index contributed by atoms with van der Waals surface area (Å²) in [5.74, 6) is -0.921. The number of methoxy groups -OCH3 is 1. The molecule has 1 aliphatic carbocycles. The third kappa shape index (κ3) is 2.18. The van der Waals surface area contributed by atoms with Gasteiger partial charge >= 0.3 is 5.97 Å². The van der Waals surface area contributed by atoms with Gasteiger partial charge in [0, 0.05) is 12.0 Å². The molecule has 0 aromatic carbocycles. The Kier molecular flexibility index (Phi) is 3.02. The highest BCUT2D eigenvalue weighted by atomic mass is 32.1. The molecule has 1 aromatic heterocycles. The van der Waals surface area contributed by atoms with E-state index in [-0.39, 0.29) is 5.92 Å². The Morgan fingerprint density at radius 3 is 3.20 bits per heavy atom. The Balaban J connectivity index is 2.15. The van der Waals surface area contributed by atoms with Gasteiger partial charge < -0.3 is 9.84 Å². The van der Waals surface area contributed by atoms with E-state index < -0.39 is 5.97 Å². The predicted molar refractivity (Wildman–Crippen MR) is 56.0 cm³/mol. The van der Waals surface area contributed by atoms with Gasteiger partial charge in [-0.25, -0.2) is 4.98 Å². The maximum absolute atomic E-state index is 10.9. The molecule has 1 aromatic rings. The molecule has 2 rings (SSSR count).